The quantitative estimate of drug-likeness (QED) is 0.695. The van der Waals surface area contributed by atoms with Gasteiger partial charge in [0.15, 0.2) is 0 Å². The van der Waals surface area contributed by atoms with E-state index in [1.54, 1.807) is 6.07 Å². The minimum absolute atomic E-state index is 0.0971. The van der Waals surface area contributed by atoms with E-state index in [0.29, 0.717) is 11.8 Å². The number of hydrogen-bond acceptors (Lipinski definition) is 5. The molecular weight excluding hydrogens is 242 g/mol. The van der Waals surface area contributed by atoms with E-state index in [0.717, 1.165) is 18.7 Å². The van der Waals surface area contributed by atoms with Crippen LogP contribution < -0.4 is 16.4 Å². The predicted octanol–water partition coefficient (Wildman–Crippen LogP) is 1.53. The minimum Gasteiger partial charge on any atom is -0.368 e. The lowest BCUT2D eigenvalue weighted by atomic mass is 10.0. The molecule has 1 atom stereocenters. The summed E-state index contributed by atoms with van der Waals surface area (Å²) in [5.74, 6) is 0.897. The molecular formula is C13H23N5O. The summed E-state index contributed by atoms with van der Waals surface area (Å²) < 4.78 is 0. The molecule has 0 aromatic carbocycles. The van der Waals surface area contributed by atoms with Crippen molar-refractivity contribution in [2.45, 2.75) is 40.2 Å². The molecule has 1 heterocycles. The number of nitrogens with one attached hydrogen (secondary N) is 2. The average Bonchev–Trinajstić information content (AvgIpc) is 2.32. The molecule has 19 heavy (non-hydrogen) atoms. The van der Waals surface area contributed by atoms with Crippen LogP contribution in [0.15, 0.2) is 6.07 Å². The maximum Gasteiger partial charge on any atom is 0.240 e. The van der Waals surface area contributed by atoms with E-state index in [1.807, 2.05) is 20.8 Å². The van der Waals surface area contributed by atoms with E-state index in [2.05, 4.69) is 27.5 Å². The highest BCUT2D eigenvalue weighted by atomic mass is 16.1. The first kappa shape index (κ1) is 15.2. The average molecular weight is 265 g/mol. The van der Waals surface area contributed by atoms with Crippen molar-refractivity contribution >= 4 is 17.7 Å². The van der Waals surface area contributed by atoms with Crippen LogP contribution in [0, 0.1) is 12.8 Å². The Kier molecular flexibility index (Phi) is 5.54. The number of primary amides is 1. The second-order valence-electron chi connectivity index (χ2n) is 4.91. The van der Waals surface area contributed by atoms with Gasteiger partial charge >= 0.3 is 0 Å². The number of amides is 1. The zero-order valence-corrected chi connectivity index (χ0v) is 12.0. The highest BCUT2D eigenvalue weighted by Gasteiger charge is 2.19. The van der Waals surface area contributed by atoms with Crippen LogP contribution in [0.1, 0.15) is 32.9 Å². The minimum atomic E-state index is -0.437. The number of carbonyl (C=O) groups excluding carboxylic acids is 1. The zero-order chi connectivity index (χ0) is 14.4. The number of aryl methyl sites for hydroxylation is 1. The summed E-state index contributed by atoms with van der Waals surface area (Å²) in [4.78, 5) is 20.0. The predicted molar refractivity (Wildman–Crippen MR) is 77.0 cm³/mol. The molecule has 0 saturated heterocycles. The van der Waals surface area contributed by atoms with E-state index in [-0.39, 0.29) is 11.8 Å². The van der Waals surface area contributed by atoms with Crippen molar-refractivity contribution in [3.63, 3.8) is 0 Å². The Morgan fingerprint density at radius 2 is 2.11 bits per heavy atom. The molecule has 0 radical (unpaired) electrons. The molecule has 0 saturated carbocycles. The van der Waals surface area contributed by atoms with E-state index >= 15 is 0 Å². The van der Waals surface area contributed by atoms with Gasteiger partial charge in [0.05, 0.1) is 0 Å². The SMILES string of the molecule is CCCNc1nc(C)cc(NC(C(N)=O)C(C)C)n1. The van der Waals surface area contributed by atoms with Crippen molar-refractivity contribution in [2.75, 3.05) is 17.2 Å². The van der Waals surface area contributed by atoms with E-state index in [4.69, 9.17) is 5.73 Å². The number of aromatic nitrogens is 2. The first-order valence-electron chi connectivity index (χ1n) is 6.59. The van der Waals surface area contributed by atoms with Gasteiger partial charge in [-0.05, 0) is 19.3 Å². The molecule has 0 fully saturated rings. The van der Waals surface area contributed by atoms with E-state index in [1.165, 1.54) is 0 Å². The zero-order valence-electron chi connectivity index (χ0n) is 12.0. The molecule has 1 amide bonds. The van der Waals surface area contributed by atoms with Crippen LogP contribution in [0.4, 0.5) is 11.8 Å². The fraction of sp³-hybridized carbons (Fsp3) is 0.615. The molecule has 0 aliphatic carbocycles. The number of carbonyl (C=O) groups is 1. The molecule has 1 rings (SSSR count). The van der Waals surface area contributed by atoms with Gasteiger partial charge in [0.2, 0.25) is 11.9 Å². The van der Waals surface area contributed by atoms with Crippen LogP contribution in [-0.4, -0.2) is 28.5 Å². The van der Waals surface area contributed by atoms with Gasteiger partial charge in [-0.25, -0.2) is 4.98 Å². The third kappa shape index (κ3) is 4.73. The van der Waals surface area contributed by atoms with Crippen molar-refractivity contribution in [3.05, 3.63) is 11.8 Å². The summed E-state index contributed by atoms with van der Waals surface area (Å²) in [5, 5.41) is 6.20. The Morgan fingerprint density at radius 1 is 1.42 bits per heavy atom. The monoisotopic (exact) mass is 265 g/mol. The van der Waals surface area contributed by atoms with Gasteiger partial charge in [0.1, 0.15) is 11.9 Å². The Morgan fingerprint density at radius 3 is 2.63 bits per heavy atom. The standard InChI is InChI=1S/C13H23N5O/c1-5-6-15-13-16-9(4)7-10(18-13)17-11(8(2)3)12(14)19/h7-8,11H,5-6H2,1-4H3,(H2,14,19)(H2,15,16,17,18). The van der Waals surface area contributed by atoms with Gasteiger partial charge < -0.3 is 16.4 Å². The van der Waals surface area contributed by atoms with Crippen LogP contribution in [0.3, 0.4) is 0 Å². The summed E-state index contributed by atoms with van der Waals surface area (Å²) in [6, 6.07) is 1.36. The van der Waals surface area contributed by atoms with Crippen molar-refractivity contribution in [1.29, 1.82) is 0 Å². The molecule has 6 heteroatoms. The molecule has 0 spiro atoms. The smallest absolute Gasteiger partial charge is 0.240 e. The lowest BCUT2D eigenvalue weighted by Crippen LogP contribution is -2.39. The van der Waals surface area contributed by atoms with Gasteiger partial charge in [-0.2, -0.15) is 4.98 Å². The fourth-order valence-electron chi connectivity index (χ4n) is 1.68. The van der Waals surface area contributed by atoms with Crippen molar-refractivity contribution in [1.82, 2.24) is 9.97 Å². The fourth-order valence-corrected chi connectivity index (χ4v) is 1.68. The molecule has 1 aromatic rings. The third-order valence-electron chi connectivity index (χ3n) is 2.66. The summed E-state index contributed by atoms with van der Waals surface area (Å²) in [5.41, 5.74) is 6.22. The largest absolute Gasteiger partial charge is 0.368 e. The van der Waals surface area contributed by atoms with E-state index < -0.39 is 6.04 Å². The first-order valence-corrected chi connectivity index (χ1v) is 6.59. The van der Waals surface area contributed by atoms with Crippen LogP contribution >= 0.6 is 0 Å². The Hall–Kier alpha value is -1.85. The van der Waals surface area contributed by atoms with Crippen LogP contribution in [0.2, 0.25) is 0 Å². The third-order valence-corrected chi connectivity index (χ3v) is 2.66. The summed E-state index contributed by atoms with van der Waals surface area (Å²) in [6.45, 7) is 8.65. The number of nitrogens with two attached hydrogens (primary N) is 1. The number of anilines is 2. The lowest BCUT2D eigenvalue weighted by Gasteiger charge is -2.20. The lowest BCUT2D eigenvalue weighted by molar-refractivity contribution is -0.119. The topological polar surface area (TPSA) is 92.9 Å². The van der Waals surface area contributed by atoms with Gasteiger partial charge in [0.25, 0.3) is 0 Å². The highest BCUT2D eigenvalue weighted by Crippen LogP contribution is 2.13. The summed E-state index contributed by atoms with van der Waals surface area (Å²) in [7, 11) is 0. The summed E-state index contributed by atoms with van der Waals surface area (Å²) in [6.07, 6.45) is 0.996. The maximum absolute atomic E-state index is 11.4. The van der Waals surface area contributed by atoms with Crippen LogP contribution in [-0.2, 0) is 4.79 Å². The van der Waals surface area contributed by atoms with Crippen LogP contribution in [0.25, 0.3) is 0 Å². The van der Waals surface area contributed by atoms with Gasteiger partial charge in [-0.15, -0.1) is 0 Å². The molecule has 1 unspecified atom stereocenters. The van der Waals surface area contributed by atoms with Gasteiger partial charge in [-0.3, -0.25) is 4.79 Å². The number of rotatable bonds is 7. The molecule has 1 aromatic heterocycles. The normalized spacial score (nSPS) is 12.3. The van der Waals surface area contributed by atoms with Crippen molar-refractivity contribution < 1.29 is 4.79 Å². The van der Waals surface area contributed by atoms with Gasteiger partial charge in [-0.1, -0.05) is 20.8 Å². The second kappa shape index (κ2) is 6.92. The van der Waals surface area contributed by atoms with E-state index in [9.17, 15) is 4.79 Å². The Bertz CT molecular complexity index is 433. The van der Waals surface area contributed by atoms with Crippen molar-refractivity contribution in [3.8, 4) is 0 Å². The molecule has 4 N–H and O–H groups in total. The first-order chi connectivity index (χ1) is 8.93. The molecule has 106 valence electrons. The number of hydrogen-bond donors (Lipinski definition) is 3. The maximum atomic E-state index is 11.4. The van der Waals surface area contributed by atoms with Crippen molar-refractivity contribution in [2.24, 2.45) is 11.7 Å². The summed E-state index contributed by atoms with van der Waals surface area (Å²) >= 11 is 0. The molecule has 0 aliphatic rings. The molecule has 6 nitrogen and oxygen atoms in total. The number of nitrogens with zero attached hydrogens (tertiary/aromatic N) is 2. The highest BCUT2D eigenvalue weighted by molar-refractivity contribution is 5.83. The second-order valence-corrected chi connectivity index (χ2v) is 4.91. The Balaban J connectivity index is 2.87. The van der Waals surface area contributed by atoms with Gasteiger partial charge in [0, 0.05) is 18.3 Å². The van der Waals surface area contributed by atoms with Crippen LogP contribution in [0.5, 0.6) is 0 Å². The molecule has 0 aliphatic heterocycles. The molecule has 0 bridgehead atoms. The Labute approximate surface area is 114 Å².